The number of rotatable bonds is 20. The van der Waals surface area contributed by atoms with E-state index in [9.17, 15) is 23.6 Å². The quantitative estimate of drug-likeness (QED) is 0.0377. The predicted octanol–water partition coefficient (Wildman–Crippen LogP) is 2.95. The van der Waals surface area contributed by atoms with Crippen LogP contribution in [-0.4, -0.2) is 120 Å². The molecule has 298 valence electrons. The molecule has 1 aliphatic carbocycles. The Morgan fingerprint density at radius 3 is 2.56 bits per heavy atom. The predicted molar refractivity (Wildman–Crippen MR) is 208 cm³/mol. The van der Waals surface area contributed by atoms with Crippen molar-refractivity contribution >= 4 is 63.4 Å². The van der Waals surface area contributed by atoms with E-state index in [4.69, 9.17) is 19.9 Å². The van der Waals surface area contributed by atoms with Crippen molar-refractivity contribution in [2.45, 2.75) is 43.9 Å². The normalized spacial score (nSPS) is 17.5. The van der Waals surface area contributed by atoms with Crippen LogP contribution in [0.15, 0.2) is 66.0 Å². The molecule has 4 aromatic rings. The number of amidine groups is 1. The average Bonchev–Trinajstić information content (AvgIpc) is 3.99. The third-order valence-electron chi connectivity index (χ3n) is 9.39. The van der Waals surface area contributed by atoms with Crippen molar-refractivity contribution in [3.63, 3.8) is 0 Å². The van der Waals surface area contributed by atoms with Gasteiger partial charge in [-0.1, -0.05) is 6.07 Å². The number of piperidine rings is 1. The molecule has 17 nitrogen and oxygen atoms in total. The highest BCUT2D eigenvalue weighted by atomic mass is 19.1. The molecule has 2 atom stereocenters. The standard InChI is InChI=1S/C39H43FN10O7/c40-24(20-45-36(41)27-21-44-33(18-30(27)46-25-5-6-25)48-32-8-4-23-19-42-11-10-28(23)47-32)22-57-17-16-56-15-14-55-13-12-43-29-3-1-2-26-35(29)39(54)50(38(26)53)31-7-9-34(51)49-37(31)52/h1-4,8,10-11,18-19,21,24-25,31,43H,5-7,9,12-17,20,22H2,(H2,41,45)(H,49,51,52)(H2,44,46,47,48). The van der Waals surface area contributed by atoms with Gasteiger partial charge < -0.3 is 35.9 Å². The number of carbonyl (C=O) groups excluding carboxylic acids is 4. The fourth-order valence-electron chi connectivity index (χ4n) is 6.37. The maximum atomic E-state index is 14.7. The zero-order valence-corrected chi connectivity index (χ0v) is 31.0. The lowest BCUT2D eigenvalue weighted by molar-refractivity contribution is -0.136. The van der Waals surface area contributed by atoms with Gasteiger partial charge in [0.2, 0.25) is 11.8 Å². The van der Waals surface area contributed by atoms with Crippen LogP contribution in [0.25, 0.3) is 10.9 Å². The van der Waals surface area contributed by atoms with Crippen molar-refractivity contribution in [3.8, 4) is 0 Å². The van der Waals surface area contributed by atoms with E-state index in [1.165, 1.54) is 6.07 Å². The molecule has 0 radical (unpaired) electrons. The first-order valence-corrected chi connectivity index (χ1v) is 18.8. The lowest BCUT2D eigenvalue weighted by Gasteiger charge is -2.27. The van der Waals surface area contributed by atoms with Crippen LogP contribution in [0.1, 0.15) is 52.0 Å². The molecule has 1 saturated heterocycles. The zero-order valence-electron chi connectivity index (χ0n) is 31.0. The van der Waals surface area contributed by atoms with Crippen LogP contribution in [0.3, 0.4) is 0 Å². The number of imide groups is 2. The minimum atomic E-state index is -1.37. The Hall–Kier alpha value is -6.11. The van der Waals surface area contributed by atoms with Gasteiger partial charge in [0.1, 0.15) is 29.7 Å². The van der Waals surface area contributed by atoms with Gasteiger partial charge in [-0.25, -0.2) is 14.4 Å². The molecule has 0 spiro atoms. The van der Waals surface area contributed by atoms with Crippen LogP contribution in [0.2, 0.25) is 0 Å². The third kappa shape index (κ3) is 9.83. The SMILES string of the molecule is NC(=NCC(F)COCCOCCOCCNc1cccc2c1C(=O)N(C1CCC(=O)NC1=O)C2=O)c1cnc(Nc2ccc3cnccc3n2)cc1NC1CC1. The van der Waals surface area contributed by atoms with Gasteiger partial charge in [-0.3, -0.25) is 39.4 Å². The second kappa shape index (κ2) is 18.2. The molecule has 6 N–H and O–H groups in total. The fourth-order valence-corrected chi connectivity index (χ4v) is 6.37. The number of pyridine rings is 3. The van der Waals surface area contributed by atoms with Crippen LogP contribution < -0.4 is 27.0 Å². The second-order valence-electron chi connectivity index (χ2n) is 13.6. The van der Waals surface area contributed by atoms with Crippen molar-refractivity contribution in [3.05, 3.63) is 77.7 Å². The summed E-state index contributed by atoms with van der Waals surface area (Å²) in [4.78, 5) is 68.5. The van der Waals surface area contributed by atoms with E-state index in [2.05, 4.69) is 41.2 Å². The zero-order chi connectivity index (χ0) is 39.7. The molecule has 3 aromatic heterocycles. The van der Waals surface area contributed by atoms with Crippen molar-refractivity contribution < 1.29 is 37.8 Å². The number of benzene rings is 1. The highest BCUT2D eigenvalue weighted by molar-refractivity contribution is 6.25. The smallest absolute Gasteiger partial charge is 0.264 e. The molecule has 2 aliphatic heterocycles. The summed E-state index contributed by atoms with van der Waals surface area (Å²) >= 11 is 0. The van der Waals surface area contributed by atoms with Crippen molar-refractivity contribution in [2.24, 2.45) is 10.7 Å². The van der Waals surface area contributed by atoms with Crippen LogP contribution in [0.5, 0.6) is 0 Å². The molecule has 2 unspecified atom stereocenters. The van der Waals surface area contributed by atoms with E-state index in [1.54, 1.807) is 30.7 Å². The van der Waals surface area contributed by atoms with E-state index < -0.39 is 35.8 Å². The van der Waals surface area contributed by atoms with Gasteiger partial charge in [0.15, 0.2) is 0 Å². The number of hydrogen-bond acceptors (Lipinski definition) is 14. The number of hydrogen-bond donors (Lipinski definition) is 5. The molecule has 5 heterocycles. The summed E-state index contributed by atoms with van der Waals surface area (Å²) in [6.45, 7) is 1.26. The summed E-state index contributed by atoms with van der Waals surface area (Å²) in [5.74, 6) is -0.871. The molecule has 57 heavy (non-hydrogen) atoms. The van der Waals surface area contributed by atoms with Gasteiger partial charge >= 0.3 is 0 Å². The largest absolute Gasteiger partial charge is 0.383 e. The number of nitrogens with one attached hydrogen (secondary N) is 4. The van der Waals surface area contributed by atoms with E-state index in [0.717, 1.165) is 34.3 Å². The first kappa shape index (κ1) is 39.1. The summed E-state index contributed by atoms with van der Waals surface area (Å²) in [5, 5.41) is 12.9. The molecule has 4 amide bonds. The number of aliphatic imine (C=N–C) groups is 1. The van der Waals surface area contributed by atoms with Crippen molar-refractivity contribution in [1.29, 1.82) is 0 Å². The van der Waals surface area contributed by atoms with Crippen LogP contribution in [-0.2, 0) is 23.8 Å². The number of aromatic nitrogens is 3. The monoisotopic (exact) mass is 782 g/mol. The molecule has 18 heteroatoms. The Bertz CT molecular complexity index is 2170. The summed E-state index contributed by atoms with van der Waals surface area (Å²) in [7, 11) is 0. The highest BCUT2D eigenvalue weighted by Crippen LogP contribution is 2.32. The molecule has 7 rings (SSSR count). The molecule has 3 aliphatic rings. The van der Waals surface area contributed by atoms with Gasteiger partial charge in [0.25, 0.3) is 11.8 Å². The van der Waals surface area contributed by atoms with Crippen LogP contribution in [0.4, 0.5) is 27.4 Å². The van der Waals surface area contributed by atoms with E-state index in [1.807, 2.05) is 24.3 Å². The Labute approximate surface area is 327 Å². The molecule has 1 saturated carbocycles. The van der Waals surface area contributed by atoms with Crippen LogP contribution >= 0.6 is 0 Å². The number of ether oxygens (including phenoxy) is 3. The maximum Gasteiger partial charge on any atom is 0.264 e. The maximum absolute atomic E-state index is 14.7. The van der Waals surface area contributed by atoms with Crippen molar-refractivity contribution in [1.82, 2.24) is 25.2 Å². The number of anilines is 4. The average molecular weight is 783 g/mol. The van der Waals surface area contributed by atoms with Gasteiger partial charge in [-0.15, -0.1) is 0 Å². The topological polar surface area (TPSA) is 224 Å². The number of nitrogens with two attached hydrogens (primary N) is 1. The van der Waals surface area contributed by atoms with E-state index in [0.29, 0.717) is 35.5 Å². The summed E-state index contributed by atoms with van der Waals surface area (Å²) < 4.78 is 31.2. The fraction of sp³-hybridized carbons (Fsp3) is 0.385. The Morgan fingerprint density at radius 2 is 1.75 bits per heavy atom. The van der Waals surface area contributed by atoms with Gasteiger partial charge in [-0.05, 0) is 49.6 Å². The number of amides is 4. The third-order valence-corrected chi connectivity index (χ3v) is 9.39. The van der Waals surface area contributed by atoms with Gasteiger partial charge in [0, 0.05) is 54.7 Å². The Balaban J connectivity index is 0.775. The first-order chi connectivity index (χ1) is 27.7. The number of halogens is 1. The number of fused-ring (bicyclic) bond motifs is 2. The summed E-state index contributed by atoms with van der Waals surface area (Å²) in [6.07, 6.45) is 5.90. The van der Waals surface area contributed by atoms with E-state index >= 15 is 0 Å². The molecule has 2 fully saturated rings. The highest BCUT2D eigenvalue weighted by Gasteiger charge is 2.45. The van der Waals surface area contributed by atoms with Crippen LogP contribution in [0, 0.1) is 0 Å². The number of carbonyl (C=O) groups is 4. The number of nitrogens with zero attached hydrogens (tertiary/aromatic N) is 5. The number of alkyl halides is 1. The Morgan fingerprint density at radius 1 is 0.947 bits per heavy atom. The Kier molecular flexibility index (Phi) is 12.5. The molecule has 1 aromatic carbocycles. The van der Waals surface area contributed by atoms with Gasteiger partial charge in [-0.2, -0.15) is 0 Å². The minimum Gasteiger partial charge on any atom is -0.383 e. The summed E-state index contributed by atoms with van der Waals surface area (Å²) in [6, 6.07) is 11.6. The first-order valence-electron chi connectivity index (χ1n) is 18.8. The lowest BCUT2D eigenvalue weighted by Crippen LogP contribution is -2.54. The van der Waals surface area contributed by atoms with E-state index in [-0.39, 0.29) is 76.0 Å². The summed E-state index contributed by atoms with van der Waals surface area (Å²) in [5.41, 5.74) is 9.26. The molecular formula is C39H43FN10O7. The second-order valence-corrected chi connectivity index (χ2v) is 13.6. The lowest BCUT2D eigenvalue weighted by atomic mass is 10.0. The minimum absolute atomic E-state index is 0.0480. The molecular weight excluding hydrogens is 739 g/mol. The van der Waals surface area contributed by atoms with Crippen molar-refractivity contribution in [2.75, 3.05) is 68.7 Å². The van der Waals surface area contributed by atoms with Gasteiger partial charge in [0.05, 0.1) is 74.1 Å². The molecule has 0 bridgehead atoms.